The van der Waals surface area contributed by atoms with Gasteiger partial charge in [0.1, 0.15) is 5.78 Å². The third-order valence-electron chi connectivity index (χ3n) is 9.36. The van der Waals surface area contributed by atoms with Gasteiger partial charge in [0.05, 0.1) is 0 Å². The van der Waals surface area contributed by atoms with Gasteiger partial charge in [0.15, 0.2) is 0 Å². The van der Waals surface area contributed by atoms with Crippen molar-refractivity contribution < 1.29 is 14.7 Å². The smallest absolute Gasteiger partial charge is 0.303 e. The van der Waals surface area contributed by atoms with Gasteiger partial charge in [-0.05, 0) is 92.8 Å². The Kier molecular flexibility index (Phi) is 4.28. The lowest BCUT2D eigenvalue weighted by molar-refractivity contribution is -0.156. The second-order valence-corrected chi connectivity index (χ2v) is 10.0. The average Bonchev–Trinajstić information content (AvgIpc) is 2.90. The van der Waals surface area contributed by atoms with E-state index in [-0.39, 0.29) is 5.41 Å². The van der Waals surface area contributed by atoms with Crippen LogP contribution in [0.2, 0.25) is 0 Å². The quantitative estimate of drug-likeness (QED) is 0.775. The van der Waals surface area contributed by atoms with Crippen molar-refractivity contribution in [3.05, 3.63) is 0 Å². The number of ketones is 1. The molecule has 0 aromatic carbocycles. The molecule has 0 saturated heterocycles. The Labute approximate surface area is 151 Å². The van der Waals surface area contributed by atoms with Crippen molar-refractivity contribution in [3.63, 3.8) is 0 Å². The van der Waals surface area contributed by atoms with Crippen LogP contribution in [-0.4, -0.2) is 16.9 Å². The third kappa shape index (κ3) is 2.51. The maximum atomic E-state index is 13.0. The van der Waals surface area contributed by atoms with Crippen LogP contribution in [0.1, 0.15) is 84.5 Å². The summed E-state index contributed by atoms with van der Waals surface area (Å²) in [6.45, 7) is 4.76. The van der Waals surface area contributed by atoms with Crippen molar-refractivity contribution in [1.82, 2.24) is 0 Å². The Bertz CT molecular complexity index is 570. The lowest BCUT2D eigenvalue weighted by Gasteiger charge is -2.59. The molecule has 25 heavy (non-hydrogen) atoms. The van der Waals surface area contributed by atoms with Gasteiger partial charge in [-0.25, -0.2) is 0 Å². The van der Waals surface area contributed by atoms with E-state index in [4.69, 9.17) is 5.11 Å². The number of carbonyl (C=O) groups excluding carboxylic acids is 1. The van der Waals surface area contributed by atoms with Crippen LogP contribution in [-0.2, 0) is 9.59 Å². The van der Waals surface area contributed by atoms with E-state index >= 15 is 0 Å². The molecule has 4 saturated carbocycles. The van der Waals surface area contributed by atoms with Gasteiger partial charge < -0.3 is 5.11 Å². The second-order valence-electron chi connectivity index (χ2n) is 10.0. The Morgan fingerprint density at radius 3 is 2.64 bits per heavy atom. The molecule has 0 aromatic heterocycles. The van der Waals surface area contributed by atoms with Crippen molar-refractivity contribution in [3.8, 4) is 0 Å². The van der Waals surface area contributed by atoms with Crippen LogP contribution in [0, 0.1) is 40.4 Å². The zero-order valence-electron chi connectivity index (χ0n) is 15.9. The molecule has 140 valence electrons. The van der Waals surface area contributed by atoms with E-state index < -0.39 is 5.97 Å². The first kappa shape index (κ1) is 17.5. The van der Waals surface area contributed by atoms with Gasteiger partial charge in [-0.2, -0.15) is 0 Å². The summed E-state index contributed by atoms with van der Waals surface area (Å²) in [5, 5.41) is 9.10. The first-order valence-electron chi connectivity index (χ1n) is 10.6. The predicted molar refractivity (Wildman–Crippen MR) is 97.1 cm³/mol. The van der Waals surface area contributed by atoms with Crippen LogP contribution >= 0.6 is 0 Å². The summed E-state index contributed by atoms with van der Waals surface area (Å²) < 4.78 is 0. The molecule has 4 aliphatic carbocycles. The molecule has 4 rings (SSSR count). The topological polar surface area (TPSA) is 54.4 Å². The molecule has 0 aliphatic heterocycles. The van der Waals surface area contributed by atoms with Crippen molar-refractivity contribution in [1.29, 1.82) is 0 Å². The van der Waals surface area contributed by atoms with E-state index in [1.807, 2.05) is 0 Å². The lowest BCUT2D eigenvalue weighted by Crippen LogP contribution is -2.56. The second kappa shape index (κ2) is 6.09. The van der Waals surface area contributed by atoms with Crippen LogP contribution in [0.4, 0.5) is 0 Å². The molecule has 0 spiro atoms. The minimum Gasteiger partial charge on any atom is -0.481 e. The number of aliphatic carboxylic acids is 1. The number of carboxylic acid groups (broad SMARTS) is 1. The highest BCUT2D eigenvalue weighted by atomic mass is 16.4. The highest BCUT2D eigenvalue weighted by molar-refractivity contribution is 5.86. The molecular weight excluding hydrogens is 312 g/mol. The summed E-state index contributed by atoms with van der Waals surface area (Å²) in [6.07, 6.45) is 11.8. The molecule has 3 heteroatoms. The molecule has 0 unspecified atom stereocenters. The van der Waals surface area contributed by atoms with E-state index in [2.05, 4.69) is 13.8 Å². The summed E-state index contributed by atoms with van der Waals surface area (Å²) in [4.78, 5) is 24.0. The fourth-order valence-corrected chi connectivity index (χ4v) is 7.97. The summed E-state index contributed by atoms with van der Waals surface area (Å²) in [7, 11) is 0. The van der Waals surface area contributed by atoms with E-state index in [1.54, 1.807) is 0 Å². The molecule has 0 amide bonds. The van der Waals surface area contributed by atoms with Gasteiger partial charge in [-0.3, -0.25) is 9.59 Å². The Morgan fingerprint density at radius 1 is 1.08 bits per heavy atom. The van der Waals surface area contributed by atoms with Crippen LogP contribution in [0.15, 0.2) is 0 Å². The van der Waals surface area contributed by atoms with Crippen LogP contribution < -0.4 is 0 Å². The van der Waals surface area contributed by atoms with Gasteiger partial charge in [0.25, 0.3) is 0 Å². The van der Waals surface area contributed by atoms with Crippen molar-refractivity contribution >= 4 is 11.8 Å². The van der Waals surface area contributed by atoms with Crippen LogP contribution in [0.3, 0.4) is 0 Å². The highest BCUT2D eigenvalue weighted by Crippen LogP contribution is 2.67. The van der Waals surface area contributed by atoms with Gasteiger partial charge in [-0.1, -0.05) is 13.8 Å². The number of hydrogen-bond donors (Lipinski definition) is 1. The Hall–Kier alpha value is -0.860. The van der Waals surface area contributed by atoms with E-state index in [0.717, 1.165) is 25.2 Å². The summed E-state index contributed by atoms with van der Waals surface area (Å²) in [5.41, 5.74) is 0.263. The normalized spacial score (nSPS) is 49.2. The molecule has 0 bridgehead atoms. The number of carbonyl (C=O) groups is 2. The average molecular weight is 347 g/mol. The summed E-state index contributed by atoms with van der Waals surface area (Å²) in [6, 6.07) is 0. The molecule has 0 aromatic rings. The van der Waals surface area contributed by atoms with E-state index in [1.165, 1.54) is 44.9 Å². The largest absolute Gasteiger partial charge is 0.481 e. The predicted octanol–water partition coefficient (Wildman–Crippen LogP) is 5.08. The fourth-order valence-electron chi connectivity index (χ4n) is 7.97. The Morgan fingerprint density at radius 2 is 1.88 bits per heavy atom. The van der Waals surface area contributed by atoms with Gasteiger partial charge >= 0.3 is 5.97 Å². The van der Waals surface area contributed by atoms with Crippen LogP contribution in [0.5, 0.6) is 0 Å². The summed E-state index contributed by atoms with van der Waals surface area (Å²) >= 11 is 0. The minimum atomic E-state index is -0.651. The molecular formula is C22H34O3. The van der Waals surface area contributed by atoms with E-state index in [0.29, 0.717) is 41.3 Å². The van der Waals surface area contributed by atoms with Gasteiger partial charge in [-0.15, -0.1) is 0 Å². The number of hydrogen-bond acceptors (Lipinski definition) is 2. The molecule has 4 aliphatic rings. The molecule has 7 atom stereocenters. The number of fused-ring (bicyclic) bond motifs is 5. The SMILES string of the molecule is C[C@]12CC[C@H]3[C@@H](CC[C@@H]4CCCC(=O)[C@@]43C)[C@@H]1CC[C@H]2CCC(=O)O. The first-order chi connectivity index (χ1) is 11.9. The van der Waals surface area contributed by atoms with Crippen molar-refractivity contribution in [2.45, 2.75) is 84.5 Å². The number of Topliss-reactive ketones (excluding diaryl/α,β-unsaturated/α-hetero) is 1. The molecule has 3 nitrogen and oxygen atoms in total. The maximum absolute atomic E-state index is 13.0. The Balaban J connectivity index is 1.57. The van der Waals surface area contributed by atoms with E-state index in [9.17, 15) is 9.59 Å². The fraction of sp³-hybridized carbons (Fsp3) is 0.909. The molecule has 4 fully saturated rings. The van der Waals surface area contributed by atoms with Crippen molar-refractivity contribution in [2.24, 2.45) is 40.4 Å². The highest BCUT2D eigenvalue weighted by Gasteiger charge is 2.61. The third-order valence-corrected chi connectivity index (χ3v) is 9.36. The van der Waals surface area contributed by atoms with Gasteiger partial charge in [0.2, 0.25) is 0 Å². The monoisotopic (exact) mass is 346 g/mol. The van der Waals surface area contributed by atoms with Crippen molar-refractivity contribution in [2.75, 3.05) is 0 Å². The summed E-state index contributed by atoms with van der Waals surface area (Å²) in [5.74, 6) is 3.12. The van der Waals surface area contributed by atoms with Gasteiger partial charge in [0, 0.05) is 18.3 Å². The number of carboxylic acids is 1. The zero-order valence-corrected chi connectivity index (χ0v) is 15.9. The first-order valence-corrected chi connectivity index (χ1v) is 10.6. The van der Waals surface area contributed by atoms with Crippen LogP contribution in [0.25, 0.3) is 0 Å². The minimum absolute atomic E-state index is 0.0539. The maximum Gasteiger partial charge on any atom is 0.303 e. The molecule has 1 N–H and O–H groups in total. The molecule has 0 heterocycles. The lowest BCUT2D eigenvalue weighted by atomic mass is 9.44. The zero-order chi connectivity index (χ0) is 17.8. The molecule has 0 radical (unpaired) electrons. The standard InChI is InChI=1S/C22H34O3/c1-21-13-12-18-16(17(21)10-7-14(21)8-11-20(24)25)9-6-15-4-3-5-19(23)22(15,18)2/h14-18H,3-13H2,1-2H3,(H,24,25)/t14-,15-,16-,17-,18-,21+,22-/m0/s1. The number of rotatable bonds is 3.